The van der Waals surface area contributed by atoms with Crippen molar-refractivity contribution in [3.8, 4) is 0 Å². The lowest BCUT2D eigenvalue weighted by Gasteiger charge is -2.29. The van der Waals surface area contributed by atoms with Crippen molar-refractivity contribution < 1.29 is 14.4 Å². The van der Waals surface area contributed by atoms with E-state index in [0.717, 1.165) is 30.0 Å². The van der Waals surface area contributed by atoms with Gasteiger partial charge in [-0.2, -0.15) is 0 Å². The molecule has 0 saturated carbocycles. The maximum atomic E-state index is 12.5. The summed E-state index contributed by atoms with van der Waals surface area (Å²) in [6.45, 7) is 4.55. The van der Waals surface area contributed by atoms with Crippen LogP contribution in [0.2, 0.25) is 0 Å². The molecule has 0 spiro atoms. The first kappa shape index (κ1) is 21.0. The Hall–Kier alpha value is -3.22. The fraction of sp³-hybridized carbons (Fsp3) is 0.417. The standard InChI is InChI=1S/C24H28N4O3/c1-17-9-10-19-20(15-17)24(31)28(23(19)30)14-6-8-21(29)26-16-18-7-5-11-25-22(18)27-12-3-2-4-13-27/h5,7,9-11,15H,2-4,6,8,12-14,16H2,1H3,(H,26,29). The van der Waals surface area contributed by atoms with Crippen LogP contribution in [-0.2, 0) is 11.3 Å². The number of aromatic nitrogens is 1. The van der Waals surface area contributed by atoms with E-state index in [1.807, 2.05) is 25.1 Å². The van der Waals surface area contributed by atoms with Crippen LogP contribution in [0.25, 0.3) is 0 Å². The van der Waals surface area contributed by atoms with Crippen molar-refractivity contribution in [3.63, 3.8) is 0 Å². The first-order valence-corrected chi connectivity index (χ1v) is 11.0. The molecule has 31 heavy (non-hydrogen) atoms. The number of piperidine rings is 1. The molecule has 0 bridgehead atoms. The molecule has 2 aliphatic heterocycles. The Morgan fingerprint density at radius 1 is 1.06 bits per heavy atom. The Morgan fingerprint density at radius 3 is 2.65 bits per heavy atom. The van der Waals surface area contributed by atoms with Crippen molar-refractivity contribution in [2.24, 2.45) is 0 Å². The van der Waals surface area contributed by atoms with Crippen LogP contribution in [0.3, 0.4) is 0 Å². The average Bonchev–Trinajstić information content (AvgIpc) is 3.02. The van der Waals surface area contributed by atoms with Gasteiger partial charge in [-0.05, 0) is 50.8 Å². The molecule has 2 aliphatic rings. The van der Waals surface area contributed by atoms with Crippen molar-refractivity contribution in [3.05, 3.63) is 58.8 Å². The van der Waals surface area contributed by atoms with Gasteiger partial charge in [-0.25, -0.2) is 4.98 Å². The predicted octanol–water partition coefficient (Wildman–Crippen LogP) is 3.07. The SMILES string of the molecule is Cc1ccc2c(c1)C(=O)N(CCCC(=O)NCc1cccnc1N1CCCCC1)C2=O. The molecule has 0 unspecified atom stereocenters. The molecule has 3 amide bonds. The summed E-state index contributed by atoms with van der Waals surface area (Å²) in [5.41, 5.74) is 2.85. The first-order valence-electron chi connectivity index (χ1n) is 11.0. The summed E-state index contributed by atoms with van der Waals surface area (Å²) >= 11 is 0. The van der Waals surface area contributed by atoms with Crippen molar-refractivity contribution in [1.29, 1.82) is 0 Å². The summed E-state index contributed by atoms with van der Waals surface area (Å²) in [6.07, 6.45) is 6.06. The molecular weight excluding hydrogens is 392 g/mol. The van der Waals surface area contributed by atoms with Gasteiger partial charge in [0.2, 0.25) is 5.91 Å². The van der Waals surface area contributed by atoms with Gasteiger partial charge in [-0.15, -0.1) is 0 Å². The molecule has 4 rings (SSSR count). The second-order valence-electron chi connectivity index (χ2n) is 8.23. The zero-order chi connectivity index (χ0) is 21.8. The topological polar surface area (TPSA) is 82.6 Å². The molecule has 0 atom stereocenters. The van der Waals surface area contributed by atoms with Gasteiger partial charge in [0, 0.05) is 44.4 Å². The maximum Gasteiger partial charge on any atom is 0.261 e. The minimum absolute atomic E-state index is 0.0964. The maximum absolute atomic E-state index is 12.5. The number of benzene rings is 1. The van der Waals surface area contributed by atoms with Crippen LogP contribution in [0.4, 0.5) is 5.82 Å². The monoisotopic (exact) mass is 420 g/mol. The van der Waals surface area contributed by atoms with Crippen LogP contribution < -0.4 is 10.2 Å². The molecule has 0 radical (unpaired) electrons. The molecule has 1 aromatic carbocycles. The van der Waals surface area contributed by atoms with E-state index >= 15 is 0 Å². The smallest absolute Gasteiger partial charge is 0.261 e. The molecule has 3 heterocycles. The molecule has 7 heteroatoms. The minimum Gasteiger partial charge on any atom is -0.356 e. The average molecular weight is 421 g/mol. The van der Waals surface area contributed by atoms with Gasteiger partial charge in [-0.3, -0.25) is 19.3 Å². The first-order chi connectivity index (χ1) is 15.0. The highest BCUT2D eigenvalue weighted by atomic mass is 16.2. The summed E-state index contributed by atoms with van der Waals surface area (Å²) in [6, 6.07) is 9.16. The third kappa shape index (κ3) is 4.60. The quantitative estimate of drug-likeness (QED) is 0.696. The van der Waals surface area contributed by atoms with E-state index in [4.69, 9.17) is 0 Å². The van der Waals surface area contributed by atoms with E-state index in [1.54, 1.807) is 18.3 Å². The number of carbonyl (C=O) groups is 3. The van der Waals surface area contributed by atoms with Crippen LogP contribution in [0, 0.1) is 6.92 Å². The van der Waals surface area contributed by atoms with Gasteiger partial charge < -0.3 is 10.2 Å². The summed E-state index contributed by atoms with van der Waals surface area (Å²) in [7, 11) is 0. The van der Waals surface area contributed by atoms with Crippen LogP contribution in [0.15, 0.2) is 36.5 Å². The summed E-state index contributed by atoms with van der Waals surface area (Å²) in [5, 5.41) is 2.96. The van der Waals surface area contributed by atoms with E-state index in [0.29, 0.717) is 24.1 Å². The fourth-order valence-corrected chi connectivity index (χ4v) is 4.25. The predicted molar refractivity (Wildman–Crippen MR) is 118 cm³/mol. The van der Waals surface area contributed by atoms with Crippen LogP contribution in [0.1, 0.15) is 63.9 Å². The highest BCUT2D eigenvalue weighted by molar-refractivity contribution is 6.21. The number of carbonyl (C=O) groups excluding carboxylic acids is 3. The number of fused-ring (bicyclic) bond motifs is 1. The van der Waals surface area contributed by atoms with E-state index in [-0.39, 0.29) is 30.7 Å². The van der Waals surface area contributed by atoms with Gasteiger partial charge in [0.1, 0.15) is 5.82 Å². The highest BCUT2D eigenvalue weighted by Gasteiger charge is 2.34. The van der Waals surface area contributed by atoms with Gasteiger partial charge in [0.25, 0.3) is 11.8 Å². The number of pyridine rings is 1. The number of amides is 3. The van der Waals surface area contributed by atoms with E-state index < -0.39 is 0 Å². The lowest BCUT2D eigenvalue weighted by Crippen LogP contribution is -2.33. The highest BCUT2D eigenvalue weighted by Crippen LogP contribution is 2.24. The zero-order valence-electron chi connectivity index (χ0n) is 17.9. The minimum atomic E-state index is -0.276. The lowest BCUT2D eigenvalue weighted by molar-refractivity contribution is -0.121. The zero-order valence-corrected chi connectivity index (χ0v) is 17.9. The Balaban J connectivity index is 1.27. The number of nitrogens with one attached hydrogen (secondary N) is 1. The van der Waals surface area contributed by atoms with Crippen molar-refractivity contribution in [2.45, 2.75) is 45.6 Å². The third-order valence-electron chi connectivity index (χ3n) is 5.91. The molecule has 1 N–H and O–H groups in total. The van der Waals surface area contributed by atoms with E-state index in [9.17, 15) is 14.4 Å². The van der Waals surface area contributed by atoms with Crippen molar-refractivity contribution in [1.82, 2.24) is 15.2 Å². The summed E-state index contributed by atoms with van der Waals surface area (Å²) < 4.78 is 0. The molecule has 7 nitrogen and oxygen atoms in total. The van der Waals surface area contributed by atoms with Crippen LogP contribution >= 0.6 is 0 Å². The summed E-state index contributed by atoms with van der Waals surface area (Å²) in [4.78, 5) is 45.4. The Bertz CT molecular complexity index is 998. The fourth-order valence-electron chi connectivity index (χ4n) is 4.25. The molecule has 1 saturated heterocycles. The van der Waals surface area contributed by atoms with Crippen LogP contribution in [0.5, 0.6) is 0 Å². The Morgan fingerprint density at radius 2 is 1.84 bits per heavy atom. The molecular formula is C24H28N4O3. The number of rotatable bonds is 7. The van der Waals surface area contributed by atoms with E-state index in [1.165, 1.54) is 24.2 Å². The molecule has 2 aromatic rings. The molecule has 1 fully saturated rings. The Kier molecular flexibility index (Phi) is 6.30. The van der Waals surface area contributed by atoms with Gasteiger partial charge in [0.15, 0.2) is 0 Å². The number of anilines is 1. The lowest BCUT2D eigenvalue weighted by atomic mass is 10.1. The number of nitrogens with zero attached hydrogens (tertiary/aromatic N) is 3. The molecule has 162 valence electrons. The second kappa shape index (κ2) is 9.29. The number of imide groups is 1. The van der Waals surface area contributed by atoms with Crippen molar-refractivity contribution >= 4 is 23.5 Å². The third-order valence-corrected chi connectivity index (χ3v) is 5.91. The van der Waals surface area contributed by atoms with E-state index in [2.05, 4.69) is 15.2 Å². The second-order valence-corrected chi connectivity index (χ2v) is 8.23. The Labute approximate surface area is 182 Å². The van der Waals surface area contributed by atoms with Gasteiger partial charge in [-0.1, -0.05) is 17.7 Å². The van der Waals surface area contributed by atoms with Crippen molar-refractivity contribution in [2.75, 3.05) is 24.5 Å². The summed E-state index contributed by atoms with van der Waals surface area (Å²) in [5.74, 6) is 0.303. The largest absolute Gasteiger partial charge is 0.356 e. The molecule has 1 aromatic heterocycles. The normalized spacial score (nSPS) is 15.9. The van der Waals surface area contributed by atoms with Gasteiger partial charge in [0.05, 0.1) is 11.1 Å². The number of hydrogen-bond acceptors (Lipinski definition) is 5. The molecule has 0 aliphatic carbocycles. The van der Waals surface area contributed by atoms with Crippen LogP contribution in [-0.4, -0.2) is 47.2 Å². The van der Waals surface area contributed by atoms with Gasteiger partial charge >= 0.3 is 0 Å². The number of hydrogen-bond donors (Lipinski definition) is 1. The number of aryl methyl sites for hydroxylation is 1.